The van der Waals surface area contributed by atoms with Crippen LogP contribution in [0.3, 0.4) is 0 Å². The number of hydrogen-bond acceptors (Lipinski definition) is 0. The topological polar surface area (TPSA) is 0 Å². The van der Waals surface area contributed by atoms with Gasteiger partial charge in [0.1, 0.15) is 0 Å². The molecule has 0 nitrogen and oxygen atoms in total. The van der Waals surface area contributed by atoms with Gasteiger partial charge in [0.05, 0.1) is 0 Å². The average Bonchev–Trinajstić information content (AvgIpc) is 2.24. The molecular formula is C9H13. The van der Waals surface area contributed by atoms with Gasteiger partial charge >= 0.3 is 0 Å². The summed E-state index contributed by atoms with van der Waals surface area (Å²) in [5.74, 6) is 1.63. The van der Waals surface area contributed by atoms with Crippen molar-refractivity contribution in [1.29, 1.82) is 0 Å². The molecule has 9 heavy (non-hydrogen) atoms. The fraction of sp³-hybridized carbons (Fsp3) is 0.667. The van der Waals surface area contributed by atoms with E-state index < -0.39 is 0 Å². The minimum atomic E-state index is 0.556. The summed E-state index contributed by atoms with van der Waals surface area (Å²) < 4.78 is 0. The van der Waals surface area contributed by atoms with Gasteiger partial charge in [0, 0.05) is 0 Å². The summed E-state index contributed by atoms with van der Waals surface area (Å²) >= 11 is 0. The number of hydrogen-bond donors (Lipinski definition) is 0. The summed E-state index contributed by atoms with van der Waals surface area (Å²) in [5.41, 5.74) is 0.556. The summed E-state index contributed by atoms with van der Waals surface area (Å²) in [5, 5.41) is 0. The molecule has 2 aliphatic rings. The van der Waals surface area contributed by atoms with E-state index in [2.05, 4.69) is 32.4 Å². The Morgan fingerprint density at radius 1 is 1.33 bits per heavy atom. The van der Waals surface area contributed by atoms with E-state index in [1.807, 2.05) is 0 Å². The SMILES string of the molecule is CC1(C)C2[CH]CC1C=C2. The summed E-state index contributed by atoms with van der Waals surface area (Å²) in [7, 11) is 0. The third kappa shape index (κ3) is 0.540. The van der Waals surface area contributed by atoms with Crippen molar-refractivity contribution in [1.82, 2.24) is 0 Å². The molecule has 49 valence electrons. The predicted octanol–water partition coefficient (Wildman–Crippen LogP) is 2.42. The minimum Gasteiger partial charge on any atom is -0.0845 e. The molecule has 1 radical (unpaired) electrons. The third-order valence-corrected chi connectivity index (χ3v) is 3.01. The van der Waals surface area contributed by atoms with Gasteiger partial charge in [-0.05, 0) is 30.1 Å². The standard InChI is InChI=1S/C9H13/c1-9(2)7-3-4-8(9)6-5-7/h3-5,7-8H,6H2,1-2H3. The van der Waals surface area contributed by atoms with Gasteiger partial charge in [0.25, 0.3) is 0 Å². The van der Waals surface area contributed by atoms with Crippen LogP contribution in [0.1, 0.15) is 20.3 Å². The van der Waals surface area contributed by atoms with Gasteiger partial charge in [-0.3, -0.25) is 0 Å². The Labute approximate surface area is 57.0 Å². The summed E-state index contributed by atoms with van der Waals surface area (Å²) in [6.45, 7) is 4.73. The molecule has 2 rings (SSSR count). The molecule has 1 saturated carbocycles. The first-order chi connectivity index (χ1) is 4.21. The number of allylic oxidation sites excluding steroid dienone is 2. The van der Waals surface area contributed by atoms with Gasteiger partial charge in [-0.2, -0.15) is 0 Å². The van der Waals surface area contributed by atoms with Gasteiger partial charge in [-0.1, -0.05) is 26.0 Å². The van der Waals surface area contributed by atoms with Crippen LogP contribution in [-0.4, -0.2) is 0 Å². The number of rotatable bonds is 0. The van der Waals surface area contributed by atoms with Gasteiger partial charge in [0.2, 0.25) is 0 Å². The first-order valence-electron chi connectivity index (χ1n) is 3.73. The maximum Gasteiger partial charge on any atom is -0.0145 e. The molecule has 0 N–H and O–H groups in total. The second kappa shape index (κ2) is 1.42. The van der Waals surface area contributed by atoms with Crippen molar-refractivity contribution in [3.63, 3.8) is 0 Å². The van der Waals surface area contributed by atoms with Gasteiger partial charge in [-0.25, -0.2) is 0 Å². The molecule has 0 heterocycles. The fourth-order valence-electron chi connectivity index (χ4n) is 2.05. The van der Waals surface area contributed by atoms with Crippen molar-refractivity contribution in [2.24, 2.45) is 17.3 Å². The molecule has 0 spiro atoms. The minimum absolute atomic E-state index is 0.556. The van der Waals surface area contributed by atoms with Crippen LogP contribution in [0, 0.1) is 23.7 Å². The van der Waals surface area contributed by atoms with E-state index in [4.69, 9.17) is 0 Å². The number of fused-ring (bicyclic) bond motifs is 2. The summed E-state index contributed by atoms with van der Waals surface area (Å²) in [6.07, 6.45) is 8.50. The molecule has 0 heteroatoms. The summed E-state index contributed by atoms with van der Waals surface area (Å²) in [6, 6.07) is 0. The van der Waals surface area contributed by atoms with Crippen LogP contribution >= 0.6 is 0 Å². The van der Waals surface area contributed by atoms with Gasteiger partial charge < -0.3 is 0 Å². The van der Waals surface area contributed by atoms with E-state index in [9.17, 15) is 0 Å². The van der Waals surface area contributed by atoms with Crippen LogP contribution in [0.15, 0.2) is 12.2 Å². The molecule has 0 aliphatic heterocycles. The van der Waals surface area contributed by atoms with Crippen molar-refractivity contribution in [3.05, 3.63) is 18.6 Å². The van der Waals surface area contributed by atoms with Crippen LogP contribution in [0.5, 0.6) is 0 Å². The smallest absolute Gasteiger partial charge is 0.0145 e. The summed E-state index contributed by atoms with van der Waals surface area (Å²) in [4.78, 5) is 0. The molecule has 0 aromatic carbocycles. The molecule has 1 fully saturated rings. The quantitative estimate of drug-likeness (QED) is 0.432. The van der Waals surface area contributed by atoms with E-state index in [0.29, 0.717) is 5.41 Å². The van der Waals surface area contributed by atoms with Crippen molar-refractivity contribution in [3.8, 4) is 0 Å². The predicted molar refractivity (Wildman–Crippen MR) is 38.8 cm³/mol. The van der Waals surface area contributed by atoms with Crippen molar-refractivity contribution >= 4 is 0 Å². The molecule has 2 unspecified atom stereocenters. The zero-order chi connectivity index (χ0) is 6.48. The highest BCUT2D eigenvalue weighted by Gasteiger charge is 2.44. The van der Waals surface area contributed by atoms with Crippen LogP contribution in [0.25, 0.3) is 0 Å². The Balaban J connectivity index is 2.35. The Kier molecular flexibility index (Phi) is 0.870. The first kappa shape index (κ1) is 5.52. The molecule has 0 amide bonds. The average molecular weight is 121 g/mol. The lowest BCUT2D eigenvalue weighted by Gasteiger charge is -2.23. The van der Waals surface area contributed by atoms with Crippen molar-refractivity contribution < 1.29 is 0 Å². The monoisotopic (exact) mass is 121 g/mol. The van der Waals surface area contributed by atoms with Crippen molar-refractivity contribution in [2.45, 2.75) is 20.3 Å². The molecule has 0 aromatic heterocycles. The van der Waals surface area contributed by atoms with E-state index in [-0.39, 0.29) is 0 Å². The lowest BCUT2D eigenvalue weighted by Crippen LogP contribution is -2.17. The van der Waals surface area contributed by atoms with E-state index in [1.165, 1.54) is 6.42 Å². The Hall–Kier alpha value is -0.260. The first-order valence-corrected chi connectivity index (χ1v) is 3.73. The Bertz CT molecular complexity index is 137. The largest absolute Gasteiger partial charge is 0.0845 e. The van der Waals surface area contributed by atoms with Crippen LogP contribution in [0.2, 0.25) is 0 Å². The van der Waals surface area contributed by atoms with E-state index in [0.717, 1.165) is 11.8 Å². The van der Waals surface area contributed by atoms with Gasteiger partial charge in [-0.15, -0.1) is 0 Å². The highest BCUT2D eigenvalue weighted by molar-refractivity contribution is 5.21. The lowest BCUT2D eigenvalue weighted by atomic mass is 9.81. The normalized spacial score (nSPS) is 44.2. The molecule has 0 aromatic rings. The highest BCUT2D eigenvalue weighted by Crippen LogP contribution is 2.52. The Morgan fingerprint density at radius 2 is 2.11 bits per heavy atom. The third-order valence-electron chi connectivity index (χ3n) is 3.01. The Morgan fingerprint density at radius 3 is 2.22 bits per heavy atom. The molecule has 2 atom stereocenters. The van der Waals surface area contributed by atoms with Crippen LogP contribution < -0.4 is 0 Å². The second-order valence-electron chi connectivity index (χ2n) is 3.81. The van der Waals surface area contributed by atoms with E-state index in [1.54, 1.807) is 0 Å². The maximum atomic E-state index is 2.45. The maximum absolute atomic E-state index is 2.45. The van der Waals surface area contributed by atoms with Crippen molar-refractivity contribution in [2.75, 3.05) is 0 Å². The molecule has 2 aliphatic carbocycles. The zero-order valence-electron chi connectivity index (χ0n) is 6.09. The lowest BCUT2D eigenvalue weighted by molar-refractivity contribution is 0.286. The fourth-order valence-corrected chi connectivity index (χ4v) is 2.05. The van der Waals surface area contributed by atoms with E-state index >= 15 is 0 Å². The molecule has 0 saturated heterocycles. The zero-order valence-corrected chi connectivity index (χ0v) is 6.09. The van der Waals surface area contributed by atoms with Crippen LogP contribution in [0.4, 0.5) is 0 Å². The molecule has 2 bridgehead atoms. The second-order valence-corrected chi connectivity index (χ2v) is 3.81. The highest BCUT2D eigenvalue weighted by atomic mass is 14.5. The van der Waals surface area contributed by atoms with Crippen LogP contribution in [-0.2, 0) is 0 Å². The molecular weight excluding hydrogens is 108 g/mol. The van der Waals surface area contributed by atoms with Gasteiger partial charge in [0.15, 0.2) is 0 Å².